The van der Waals surface area contributed by atoms with E-state index in [9.17, 15) is 4.79 Å². The van der Waals surface area contributed by atoms with E-state index in [1.54, 1.807) is 12.1 Å². The van der Waals surface area contributed by atoms with Crippen molar-refractivity contribution >= 4 is 17.3 Å². The number of amides is 1. The van der Waals surface area contributed by atoms with Gasteiger partial charge in [0, 0.05) is 12.1 Å². The Morgan fingerprint density at radius 3 is 3.00 bits per heavy atom. The van der Waals surface area contributed by atoms with Gasteiger partial charge >= 0.3 is 0 Å². The SMILES string of the molecule is CCCCCCOc1cc2c(cc1N)OCC(=O)N2. The van der Waals surface area contributed by atoms with Crippen molar-refractivity contribution < 1.29 is 14.3 Å². The monoisotopic (exact) mass is 264 g/mol. The Bertz CT molecular complexity index is 460. The molecule has 104 valence electrons. The van der Waals surface area contributed by atoms with Gasteiger partial charge in [0.2, 0.25) is 0 Å². The number of unbranched alkanes of at least 4 members (excludes halogenated alkanes) is 3. The second-order valence-electron chi connectivity index (χ2n) is 4.63. The number of hydrogen-bond donors (Lipinski definition) is 2. The zero-order chi connectivity index (χ0) is 13.7. The molecule has 0 saturated carbocycles. The van der Waals surface area contributed by atoms with E-state index >= 15 is 0 Å². The number of benzene rings is 1. The maximum absolute atomic E-state index is 11.2. The molecule has 0 fully saturated rings. The Morgan fingerprint density at radius 1 is 1.37 bits per heavy atom. The highest BCUT2D eigenvalue weighted by Gasteiger charge is 2.18. The Balaban J connectivity index is 1.97. The number of rotatable bonds is 6. The first-order valence-electron chi connectivity index (χ1n) is 6.69. The number of anilines is 2. The van der Waals surface area contributed by atoms with Gasteiger partial charge in [-0.25, -0.2) is 0 Å². The predicted octanol–water partition coefficient (Wildman–Crippen LogP) is 2.56. The van der Waals surface area contributed by atoms with Crippen LogP contribution < -0.4 is 20.5 Å². The van der Waals surface area contributed by atoms with Crippen LogP contribution >= 0.6 is 0 Å². The molecule has 0 aromatic heterocycles. The molecule has 5 nitrogen and oxygen atoms in total. The number of nitrogens with one attached hydrogen (secondary N) is 1. The number of fused-ring (bicyclic) bond motifs is 1. The van der Waals surface area contributed by atoms with E-state index in [1.165, 1.54) is 12.8 Å². The zero-order valence-electron chi connectivity index (χ0n) is 11.2. The Morgan fingerprint density at radius 2 is 2.21 bits per heavy atom. The molecule has 1 amide bonds. The molecule has 0 spiro atoms. The highest BCUT2D eigenvalue weighted by molar-refractivity contribution is 5.96. The van der Waals surface area contributed by atoms with Gasteiger partial charge in [-0.2, -0.15) is 0 Å². The van der Waals surface area contributed by atoms with Crippen molar-refractivity contribution in [2.24, 2.45) is 0 Å². The molecule has 1 aliphatic rings. The molecule has 19 heavy (non-hydrogen) atoms. The number of nitrogens with two attached hydrogens (primary N) is 1. The summed E-state index contributed by atoms with van der Waals surface area (Å²) in [5.74, 6) is 1.03. The van der Waals surface area contributed by atoms with Crippen LogP contribution in [0, 0.1) is 0 Å². The van der Waals surface area contributed by atoms with Crippen molar-refractivity contribution in [2.75, 3.05) is 24.3 Å². The van der Waals surface area contributed by atoms with Crippen LogP contribution in [0.25, 0.3) is 0 Å². The van der Waals surface area contributed by atoms with E-state index in [1.807, 2.05) is 0 Å². The number of carbonyl (C=O) groups excluding carboxylic acids is 1. The van der Waals surface area contributed by atoms with Crippen LogP contribution in [0.5, 0.6) is 11.5 Å². The Kier molecular flexibility index (Phi) is 4.49. The molecule has 0 atom stereocenters. The molecule has 1 aliphatic heterocycles. The molecule has 1 heterocycles. The molecule has 0 saturated heterocycles. The molecule has 0 unspecified atom stereocenters. The molecule has 1 aromatic carbocycles. The molecule has 5 heteroatoms. The maximum Gasteiger partial charge on any atom is 0.262 e. The maximum atomic E-state index is 11.2. The van der Waals surface area contributed by atoms with Crippen LogP contribution in [-0.4, -0.2) is 19.1 Å². The van der Waals surface area contributed by atoms with Crippen LogP contribution in [0.1, 0.15) is 32.6 Å². The van der Waals surface area contributed by atoms with Gasteiger partial charge in [-0.15, -0.1) is 0 Å². The minimum atomic E-state index is -0.161. The van der Waals surface area contributed by atoms with Crippen molar-refractivity contribution in [3.63, 3.8) is 0 Å². The third-order valence-electron chi connectivity index (χ3n) is 3.00. The molecule has 0 bridgehead atoms. The second-order valence-corrected chi connectivity index (χ2v) is 4.63. The van der Waals surface area contributed by atoms with Gasteiger partial charge in [0.05, 0.1) is 18.0 Å². The minimum Gasteiger partial charge on any atom is -0.491 e. The van der Waals surface area contributed by atoms with E-state index in [2.05, 4.69) is 12.2 Å². The molecule has 0 aliphatic carbocycles. The van der Waals surface area contributed by atoms with Crippen molar-refractivity contribution in [2.45, 2.75) is 32.6 Å². The summed E-state index contributed by atoms with van der Waals surface area (Å²) in [7, 11) is 0. The summed E-state index contributed by atoms with van der Waals surface area (Å²) in [6, 6.07) is 3.41. The first kappa shape index (κ1) is 13.5. The fourth-order valence-electron chi connectivity index (χ4n) is 1.96. The number of hydrogen-bond acceptors (Lipinski definition) is 4. The average Bonchev–Trinajstić information content (AvgIpc) is 2.39. The highest BCUT2D eigenvalue weighted by atomic mass is 16.5. The summed E-state index contributed by atoms with van der Waals surface area (Å²) in [5, 5.41) is 2.74. The van der Waals surface area contributed by atoms with Crippen LogP contribution in [0.3, 0.4) is 0 Å². The van der Waals surface area contributed by atoms with E-state index in [0.29, 0.717) is 29.5 Å². The third kappa shape index (κ3) is 3.53. The number of nitrogen functional groups attached to an aromatic ring is 1. The Hall–Kier alpha value is -1.91. The molecular weight excluding hydrogens is 244 g/mol. The summed E-state index contributed by atoms with van der Waals surface area (Å²) >= 11 is 0. The van der Waals surface area contributed by atoms with Gasteiger partial charge in [-0.3, -0.25) is 4.79 Å². The zero-order valence-corrected chi connectivity index (χ0v) is 11.2. The fraction of sp³-hybridized carbons (Fsp3) is 0.500. The summed E-state index contributed by atoms with van der Waals surface area (Å²) in [5.41, 5.74) is 7.05. The van der Waals surface area contributed by atoms with Crippen molar-refractivity contribution in [1.82, 2.24) is 0 Å². The van der Waals surface area contributed by atoms with Gasteiger partial charge < -0.3 is 20.5 Å². The summed E-state index contributed by atoms with van der Waals surface area (Å²) in [6.07, 6.45) is 4.58. The summed E-state index contributed by atoms with van der Waals surface area (Å²) in [4.78, 5) is 11.2. The lowest BCUT2D eigenvalue weighted by atomic mass is 10.2. The molecule has 2 rings (SSSR count). The quantitative estimate of drug-likeness (QED) is 0.611. The van der Waals surface area contributed by atoms with Crippen LogP contribution in [-0.2, 0) is 4.79 Å². The van der Waals surface area contributed by atoms with Crippen LogP contribution in [0.15, 0.2) is 12.1 Å². The van der Waals surface area contributed by atoms with Crippen LogP contribution in [0.4, 0.5) is 11.4 Å². The third-order valence-corrected chi connectivity index (χ3v) is 3.00. The molecule has 3 N–H and O–H groups in total. The predicted molar refractivity (Wildman–Crippen MR) is 74.6 cm³/mol. The van der Waals surface area contributed by atoms with E-state index in [0.717, 1.165) is 12.8 Å². The average molecular weight is 264 g/mol. The van der Waals surface area contributed by atoms with Gasteiger partial charge in [0.15, 0.2) is 6.61 Å². The second kappa shape index (κ2) is 6.31. The summed E-state index contributed by atoms with van der Waals surface area (Å²) in [6.45, 7) is 2.84. The van der Waals surface area contributed by atoms with Gasteiger partial charge in [-0.1, -0.05) is 26.2 Å². The lowest BCUT2D eigenvalue weighted by Crippen LogP contribution is -2.25. The van der Waals surface area contributed by atoms with Gasteiger partial charge in [-0.05, 0) is 6.42 Å². The molecule has 1 aromatic rings. The topological polar surface area (TPSA) is 73.6 Å². The van der Waals surface area contributed by atoms with E-state index in [4.69, 9.17) is 15.2 Å². The Labute approximate surface area is 113 Å². The van der Waals surface area contributed by atoms with Crippen molar-refractivity contribution in [1.29, 1.82) is 0 Å². The highest BCUT2D eigenvalue weighted by Crippen LogP contribution is 2.36. The molecular formula is C14H20N2O3. The normalized spacial score (nSPS) is 13.4. The summed E-state index contributed by atoms with van der Waals surface area (Å²) < 4.78 is 10.9. The van der Waals surface area contributed by atoms with E-state index in [-0.39, 0.29) is 12.5 Å². The lowest BCUT2D eigenvalue weighted by Gasteiger charge is -2.20. The van der Waals surface area contributed by atoms with Crippen molar-refractivity contribution in [3.8, 4) is 11.5 Å². The van der Waals surface area contributed by atoms with Crippen molar-refractivity contribution in [3.05, 3.63) is 12.1 Å². The number of carbonyl (C=O) groups is 1. The molecule has 0 radical (unpaired) electrons. The number of ether oxygens (including phenoxy) is 2. The lowest BCUT2D eigenvalue weighted by molar-refractivity contribution is -0.118. The van der Waals surface area contributed by atoms with Crippen LogP contribution in [0.2, 0.25) is 0 Å². The smallest absolute Gasteiger partial charge is 0.262 e. The fourth-order valence-corrected chi connectivity index (χ4v) is 1.96. The first-order chi connectivity index (χ1) is 9.20. The largest absolute Gasteiger partial charge is 0.491 e. The standard InChI is InChI=1S/C14H20N2O3/c1-2-3-4-5-6-18-12-8-11-13(7-10(12)15)19-9-14(17)16-11/h7-8H,2-6,9,15H2,1H3,(H,16,17). The van der Waals surface area contributed by atoms with Gasteiger partial charge in [0.25, 0.3) is 5.91 Å². The van der Waals surface area contributed by atoms with Gasteiger partial charge in [0.1, 0.15) is 11.5 Å². The minimum absolute atomic E-state index is 0.0314. The van der Waals surface area contributed by atoms with E-state index < -0.39 is 0 Å². The first-order valence-corrected chi connectivity index (χ1v) is 6.69.